The zero-order chi connectivity index (χ0) is 17.8. The second-order valence-electron chi connectivity index (χ2n) is 5.25. The summed E-state index contributed by atoms with van der Waals surface area (Å²) in [5.74, 6) is 1.87. The smallest absolute Gasteiger partial charge is 0.149 e. The van der Waals surface area contributed by atoms with E-state index in [2.05, 4.69) is 16.0 Å². The lowest BCUT2D eigenvalue weighted by Gasteiger charge is -2.07. The highest BCUT2D eigenvalue weighted by Crippen LogP contribution is 2.28. The standard InChI is InChI=1S/C19H16ClN3O2/c1-3-25-18-7-4-14(20)9-12(18)8-13(11-21)19-22-16-6-5-15(24-2)10-17(16)23-19/h4-10H,3H2,1-2H3,(H,22,23)/b13-8+. The number of fused-ring (bicyclic) bond motifs is 1. The molecular weight excluding hydrogens is 338 g/mol. The van der Waals surface area contributed by atoms with Crippen LogP contribution in [0.2, 0.25) is 5.02 Å². The van der Waals surface area contributed by atoms with Crippen molar-refractivity contribution in [1.82, 2.24) is 9.97 Å². The molecule has 0 unspecified atom stereocenters. The molecule has 0 radical (unpaired) electrons. The van der Waals surface area contributed by atoms with Crippen molar-refractivity contribution in [2.75, 3.05) is 13.7 Å². The van der Waals surface area contributed by atoms with Crippen LogP contribution >= 0.6 is 11.6 Å². The minimum absolute atomic E-state index is 0.387. The first-order valence-electron chi connectivity index (χ1n) is 7.73. The van der Waals surface area contributed by atoms with E-state index in [1.807, 2.05) is 25.1 Å². The highest BCUT2D eigenvalue weighted by molar-refractivity contribution is 6.30. The van der Waals surface area contributed by atoms with E-state index in [0.29, 0.717) is 28.8 Å². The number of imidazole rings is 1. The summed E-state index contributed by atoms with van der Waals surface area (Å²) in [6.07, 6.45) is 1.71. The highest BCUT2D eigenvalue weighted by atomic mass is 35.5. The number of aromatic nitrogens is 2. The molecule has 1 aromatic heterocycles. The lowest BCUT2D eigenvalue weighted by molar-refractivity contribution is 0.339. The Kier molecular flexibility index (Phi) is 4.92. The monoisotopic (exact) mass is 353 g/mol. The molecule has 3 rings (SSSR count). The Balaban J connectivity index is 2.07. The SMILES string of the molecule is CCOc1ccc(Cl)cc1/C=C(\C#N)c1nc2ccc(OC)cc2[nH]1. The molecule has 1 N–H and O–H groups in total. The zero-order valence-electron chi connectivity index (χ0n) is 13.8. The van der Waals surface area contributed by atoms with E-state index in [1.54, 1.807) is 31.4 Å². The number of rotatable bonds is 5. The number of methoxy groups -OCH3 is 1. The lowest BCUT2D eigenvalue weighted by atomic mass is 10.1. The van der Waals surface area contributed by atoms with Crippen molar-refractivity contribution in [2.45, 2.75) is 6.92 Å². The molecule has 1 heterocycles. The van der Waals surface area contributed by atoms with Crippen molar-refractivity contribution >= 4 is 34.3 Å². The van der Waals surface area contributed by atoms with Gasteiger partial charge in [0.1, 0.15) is 23.4 Å². The van der Waals surface area contributed by atoms with Crippen molar-refractivity contribution in [3.05, 3.63) is 52.8 Å². The number of halogens is 1. The van der Waals surface area contributed by atoms with Gasteiger partial charge in [-0.15, -0.1) is 0 Å². The Morgan fingerprint density at radius 2 is 2.16 bits per heavy atom. The number of nitrogens with one attached hydrogen (secondary N) is 1. The third-order valence-electron chi connectivity index (χ3n) is 3.64. The molecule has 0 saturated carbocycles. The summed E-state index contributed by atoms with van der Waals surface area (Å²) in [6, 6.07) is 13.0. The first kappa shape index (κ1) is 16.9. The number of H-pyrrole nitrogens is 1. The number of ether oxygens (including phenoxy) is 2. The van der Waals surface area contributed by atoms with E-state index >= 15 is 0 Å². The Labute approximate surface area is 150 Å². The molecule has 0 bridgehead atoms. The van der Waals surface area contributed by atoms with E-state index in [1.165, 1.54) is 0 Å². The van der Waals surface area contributed by atoms with E-state index < -0.39 is 0 Å². The molecule has 6 heteroatoms. The molecule has 25 heavy (non-hydrogen) atoms. The fraction of sp³-hybridized carbons (Fsp3) is 0.158. The van der Waals surface area contributed by atoms with Crippen LogP contribution in [0.1, 0.15) is 18.3 Å². The van der Waals surface area contributed by atoms with Crippen LogP contribution in [0, 0.1) is 11.3 Å². The van der Waals surface area contributed by atoms with Gasteiger partial charge in [-0.1, -0.05) is 11.6 Å². The number of hydrogen-bond acceptors (Lipinski definition) is 4. The van der Waals surface area contributed by atoms with Crippen LogP contribution in [0.3, 0.4) is 0 Å². The predicted molar refractivity (Wildman–Crippen MR) is 98.8 cm³/mol. The maximum Gasteiger partial charge on any atom is 0.149 e. The number of benzene rings is 2. The van der Waals surface area contributed by atoms with Crippen LogP contribution in [0.4, 0.5) is 0 Å². The van der Waals surface area contributed by atoms with Gasteiger partial charge >= 0.3 is 0 Å². The normalized spacial score (nSPS) is 11.4. The summed E-state index contributed by atoms with van der Waals surface area (Å²) >= 11 is 6.08. The van der Waals surface area contributed by atoms with E-state index in [9.17, 15) is 5.26 Å². The second-order valence-corrected chi connectivity index (χ2v) is 5.69. The van der Waals surface area contributed by atoms with Gasteiger partial charge in [-0.05, 0) is 43.3 Å². The Hall–Kier alpha value is -2.97. The molecule has 0 fully saturated rings. The van der Waals surface area contributed by atoms with Crippen LogP contribution in [-0.2, 0) is 0 Å². The summed E-state index contributed by atoms with van der Waals surface area (Å²) in [5, 5.41) is 10.2. The average molecular weight is 354 g/mol. The van der Waals surface area contributed by atoms with Crippen molar-refractivity contribution in [3.63, 3.8) is 0 Å². The molecule has 0 aliphatic carbocycles. The third-order valence-corrected chi connectivity index (χ3v) is 3.87. The molecule has 0 atom stereocenters. The maximum atomic E-state index is 9.58. The number of aromatic amines is 1. The van der Waals surface area contributed by atoms with Gasteiger partial charge in [0.2, 0.25) is 0 Å². The van der Waals surface area contributed by atoms with Crippen LogP contribution in [0.5, 0.6) is 11.5 Å². The summed E-state index contributed by atoms with van der Waals surface area (Å²) in [7, 11) is 1.60. The molecule has 0 spiro atoms. The number of nitrogens with zero attached hydrogens (tertiary/aromatic N) is 2. The van der Waals surface area contributed by atoms with Crippen molar-refractivity contribution in [3.8, 4) is 17.6 Å². The highest BCUT2D eigenvalue weighted by Gasteiger charge is 2.11. The quantitative estimate of drug-likeness (QED) is 0.675. The van der Waals surface area contributed by atoms with Gasteiger partial charge in [-0.25, -0.2) is 4.98 Å². The molecule has 0 amide bonds. The summed E-state index contributed by atoms with van der Waals surface area (Å²) < 4.78 is 10.8. The minimum atomic E-state index is 0.387. The van der Waals surface area contributed by atoms with Gasteiger partial charge in [0.25, 0.3) is 0 Å². The molecular formula is C19H16ClN3O2. The van der Waals surface area contributed by atoms with E-state index in [-0.39, 0.29) is 0 Å². The average Bonchev–Trinajstić information content (AvgIpc) is 3.04. The Bertz CT molecular complexity index is 986. The Morgan fingerprint density at radius 1 is 1.32 bits per heavy atom. The second kappa shape index (κ2) is 7.29. The molecule has 2 aromatic carbocycles. The lowest BCUT2D eigenvalue weighted by Crippen LogP contribution is -1.94. The first-order chi connectivity index (χ1) is 12.1. The fourth-order valence-electron chi connectivity index (χ4n) is 2.47. The molecule has 0 aliphatic rings. The fourth-order valence-corrected chi connectivity index (χ4v) is 2.65. The molecule has 3 aromatic rings. The molecule has 0 saturated heterocycles. The van der Waals surface area contributed by atoms with Gasteiger partial charge in [0, 0.05) is 16.7 Å². The van der Waals surface area contributed by atoms with E-state index in [4.69, 9.17) is 21.1 Å². The number of allylic oxidation sites excluding steroid dienone is 1. The van der Waals surface area contributed by atoms with Crippen LogP contribution in [-0.4, -0.2) is 23.7 Å². The van der Waals surface area contributed by atoms with Crippen molar-refractivity contribution in [1.29, 1.82) is 5.26 Å². The molecule has 5 nitrogen and oxygen atoms in total. The van der Waals surface area contributed by atoms with Gasteiger partial charge in [-0.3, -0.25) is 0 Å². The summed E-state index contributed by atoms with van der Waals surface area (Å²) in [5.41, 5.74) is 2.67. The largest absolute Gasteiger partial charge is 0.497 e. The van der Waals surface area contributed by atoms with Crippen molar-refractivity contribution < 1.29 is 9.47 Å². The van der Waals surface area contributed by atoms with E-state index in [0.717, 1.165) is 22.3 Å². The number of nitriles is 1. The van der Waals surface area contributed by atoms with Gasteiger partial charge in [-0.2, -0.15) is 5.26 Å². The minimum Gasteiger partial charge on any atom is -0.497 e. The zero-order valence-corrected chi connectivity index (χ0v) is 14.6. The van der Waals surface area contributed by atoms with Gasteiger partial charge in [0.15, 0.2) is 0 Å². The Morgan fingerprint density at radius 3 is 2.88 bits per heavy atom. The van der Waals surface area contributed by atoms with Crippen LogP contribution < -0.4 is 9.47 Å². The van der Waals surface area contributed by atoms with Crippen molar-refractivity contribution in [2.24, 2.45) is 0 Å². The predicted octanol–water partition coefficient (Wildman–Crippen LogP) is 4.69. The topological polar surface area (TPSA) is 70.9 Å². The molecule has 0 aliphatic heterocycles. The van der Waals surface area contributed by atoms with Crippen LogP contribution in [0.25, 0.3) is 22.7 Å². The summed E-state index contributed by atoms with van der Waals surface area (Å²) in [6.45, 7) is 2.43. The summed E-state index contributed by atoms with van der Waals surface area (Å²) in [4.78, 5) is 7.63. The molecule has 126 valence electrons. The first-order valence-corrected chi connectivity index (χ1v) is 8.10. The van der Waals surface area contributed by atoms with Gasteiger partial charge in [0.05, 0.1) is 30.3 Å². The maximum absolute atomic E-state index is 9.58. The number of hydrogen-bond donors (Lipinski definition) is 1. The van der Waals surface area contributed by atoms with Crippen LogP contribution in [0.15, 0.2) is 36.4 Å². The third kappa shape index (κ3) is 3.59. The van der Waals surface area contributed by atoms with Gasteiger partial charge < -0.3 is 14.5 Å².